The van der Waals surface area contributed by atoms with Crippen LogP contribution in [0.3, 0.4) is 0 Å². The summed E-state index contributed by atoms with van der Waals surface area (Å²) in [6, 6.07) is 1.57. The van der Waals surface area contributed by atoms with E-state index in [2.05, 4.69) is 25.3 Å². The fraction of sp³-hybridized carbons (Fsp3) is 0.471. The maximum absolute atomic E-state index is 12.1. The Morgan fingerprint density at radius 1 is 1.38 bits per heavy atom. The number of carbonyl (C=O) groups excluding carboxylic acids is 1. The molecule has 138 valence electrons. The van der Waals surface area contributed by atoms with Gasteiger partial charge in [-0.3, -0.25) is 14.4 Å². The molecule has 1 aliphatic heterocycles. The van der Waals surface area contributed by atoms with Crippen LogP contribution in [-0.2, 0) is 18.3 Å². The molecule has 1 saturated heterocycles. The fourth-order valence-electron chi connectivity index (χ4n) is 3.00. The van der Waals surface area contributed by atoms with E-state index in [9.17, 15) is 14.4 Å². The Balaban J connectivity index is 1.51. The van der Waals surface area contributed by atoms with Crippen molar-refractivity contribution >= 4 is 11.6 Å². The van der Waals surface area contributed by atoms with Crippen molar-refractivity contribution in [3.63, 3.8) is 0 Å². The fourth-order valence-corrected chi connectivity index (χ4v) is 3.00. The molecule has 0 bridgehead atoms. The molecular formula is C17H22N6O3. The lowest BCUT2D eigenvalue weighted by molar-refractivity contribution is -0.120. The molecule has 0 spiro atoms. The van der Waals surface area contributed by atoms with Crippen molar-refractivity contribution in [3.05, 3.63) is 50.6 Å². The predicted molar refractivity (Wildman–Crippen MR) is 96.1 cm³/mol. The third-order valence-electron chi connectivity index (χ3n) is 4.54. The topological polar surface area (TPSA) is 113 Å². The standard InChI is InChI=1S/C17H22N6O3/c1-11-18-8-13(17(26)21-11)5-15(24)19-7-12-3-4-23(10-12)14-6-16(25)22(2)20-9-14/h6,8-9,12H,3-5,7,10H2,1-2H3,(H,19,24)(H,18,21,26). The number of nitrogens with one attached hydrogen (secondary N) is 2. The highest BCUT2D eigenvalue weighted by atomic mass is 16.2. The minimum atomic E-state index is -0.280. The lowest BCUT2D eigenvalue weighted by Gasteiger charge is -2.18. The van der Waals surface area contributed by atoms with Gasteiger partial charge in [-0.2, -0.15) is 5.10 Å². The zero-order valence-corrected chi connectivity index (χ0v) is 14.9. The summed E-state index contributed by atoms with van der Waals surface area (Å²) >= 11 is 0. The van der Waals surface area contributed by atoms with Gasteiger partial charge < -0.3 is 15.2 Å². The minimum absolute atomic E-state index is 0.0116. The van der Waals surface area contributed by atoms with Crippen molar-refractivity contribution in [2.24, 2.45) is 13.0 Å². The number of H-pyrrole nitrogens is 1. The second kappa shape index (κ2) is 7.51. The van der Waals surface area contributed by atoms with Gasteiger partial charge in [-0.1, -0.05) is 0 Å². The molecule has 1 fully saturated rings. The van der Waals surface area contributed by atoms with Gasteiger partial charge in [-0.05, 0) is 19.3 Å². The number of aryl methyl sites for hydroxylation is 2. The Labute approximate surface area is 150 Å². The average molecular weight is 358 g/mol. The Morgan fingerprint density at radius 3 is 2.92 bits per heavy atom. The first-order chi connectivity index (χ1) is 12.4. The number of nitrogens with zero attached hydrogens (tertiary/aromatic N) is 4. The van der Waals surface area contributed by atoms with Crippen LogP contribution in [-0.4, -0.2) is 45.3 Å². The molecule has 1 amide bonds. The first kappa shape index (κ1) is 17.8. The second-order valence-corrected chi connectivity index (χ2v) is 6.58. The van der Waals surface area contributed by atoms with E-state index < -0.39 is 0 Å². The van der Waals surface area contributed by atoms with Gasteiger partial charge in [-0.15, -0.1) is 0 Å². The molecule has 9 nitrogen and oxygen atoms in total. The summed E-state index contributed by atoms with van der Waals surface area (Å²) in [5.41, 5.74) is 0.737. The van der Waals surface area contributed by atoms with Crippen LogP contribution >= 0.6 is 0 Å². The van der Waals surface area contributed by atoms with Gasteiger partial charge in [0.1, 0.15) is 5.82 Å². The monoisotopic (exact) mass is 358 g/mol. The van der Waals surface area contributed by atoms with E-state index in [1.807, 2.05) is 0 Å². The van der Waals surface area contributed by atoms with Crippen LogP contribution in [0.5, 0.6) is 0 Å². The summed E-state index contributed by atoms with van der Waals surface area (Å²) in [5, 5.41) is 6.92. The van der Waals surface area contributed by atoms with E-state index in [0.29, 0.717) is 17.9 Å². The van der Waals surface area contributed by atoms with Crippen LogP contribution in [0.1, 0.15) is 17.8 Å². The molecule has 1 aliphatic rings. The molecule has 0 radical (unpaired) electrons. The normalized spacial score (nSPS) is 16.7. The van der Waals surface area contributed by atoms with Crippen molar-refractivity contribution in [3.8, 4) is 0 Å². The van der Waals surface area contributed by atoms with Crippen LogP contribution < -0.4 is 21.3 Å². The number of amides is 1. The molecule has 2 aromatic rings. The number of anilines is 1. The highest BCUT2D eigenvalue weighted by Gasteiger charge is 2.23. The van der Waals surface area contributed by atoms with Crippen molar-refractivity contribution in [2.75, 3.05) is 24.5 Å². The zero-order valence-electron chi connectivity index (χ0n) is 14.9. The van der Waals surface area contributed by atoms with E-state index in [4.69, 9.17) is 0 Å². The molecular weight excluding hydrogens is 336 g/mol. The maximum Gasteiger partial charge on any atom is 0.268 e. The zero-order chi connectivity index (χ0) is 18.7. The van der Waals surface area contributed by atoms with E-state index in [1.165, 1.54) is 10.9 Å². The number of carbonyl (C=O) groups is 1. The van der Waals surface area contributed by atoms with Crippen LogP contribution in [0, 0.1) is 12.8 Å². The van der Waals surface area contributed by atoms with Gasteiger partial charge in [0.05, 0.1) is 18.3 Å². The molecule has 0 aromatic carbocycles. The molecule has 26 heavy (non-hydrogen) atoms. The second-order valence-electron chi connectivity index (χ2n) is 6.58. The molecule has 3 rings (SSSR count). The number of hydrogen-bond acceptors (Lipinski definition) is 6. The van der Waals surface area contributed by atoms with Crippen molar-refractivity contribution in [1.82, 2.24) is 25.1 Å². The first-order valence-corrected chi connectivity index (χ1v) is 8.52. The van der Waals surface area contributed by atoms with Crippen LogP contribution in [0.4, 0.5) is 5.69 Å². The lowest BCUT2D eigenvalue weighted by Crippen LogP contribution is -2.33. The van der Waals surface area contributed by atoms with Crippen LogP contribution in [0.15, 0.2) is 28.0 Å². The summed E-state index contributed by atoms with van der Waals surface area (Å²) in [6.07, 6.45) is 4.05. The third-order valence-corrected chi connectivity index (χ3v) is 4.54. The molecule has 0 saturated carbocycles. The van der Waals surface area contributed by atoms with Crippen LogP contribution in [0.25, 0.3) is 0 Å². The SMILES string of the molecule is Cc1ncc(CC(=O)NCC2CCN(c3cnn(C)c(=O)c3)C2)c(=O)[nH]1. The Morgan fingerprint density at radius 2 is 2.19 bits per heavy atom. The maximum atomic E-state index is 12.1. The highest BCUT2D eigenvalue weighted by molar-refractivity contribution is 5.78. The van der Waals surface area contributed by atoms with E-state index in [0.717, 1.165) is 25.2 Å². The smallest absolute Gasteiger partial charge is 0.268 e. The largest absolute Gasteiger partial charge is 0.370 e. The molecule has 2 aromatic heterocycles. The minimum Gasteiger partial charge on any atom is -0.370 e. The van der Waals surface area contributed by atoms with Crippen molar-refractivity contribution in [2.45, 2.75) is 19.8 Å². The number of rotatable bonds is 5. The van der Waals surface area contributed by atoms with Gasteiger partial charge >= 0.3 is 0 Å². The highest BCUT2D eigenvalue weighted by Crippen LogP contribution is 2.21. The molecule has 0 aliphatic carbocycles. The van der Waals surface area contributed by atoms with Crippen LogP contribution in [0.2, 0.25) is 0 Å². The van der Waals surface area contributed by atoms with Gasteiger partial charge in [0.2, 0.25) is 5.91 Å². The van der Waals surface area contributed by atoms with Gasteiger partial charge in [0.15, 0.2) is 0 Å². The Hall–Kier alpha value is -2.97. The quantitative estimate of drug-likeness (QED) is 0.735. The predicted octanol–water partition coefficient (Wildman–Crippen LogP) is -0.643. The van der Waals surface area contributed by atoms with Crippen molar-refractivity contribution < 1.29 is 4.79 Å². The van der Waals surface area contributed by atoms with E-state index >= 15 is 0 Å². The van der Waals surface area contributed by atoms with E-state index in [-0.39, 0.29) is 29.4 Å². The average Bonchev–Trinajstić information content (AvgIpc) is 3.07. The Bertz CT molecular complexity index is 919. The van der Waals surface area contributed by atoms with Gasteiger partial charge in [-0.25, -0.2) is 9.67 Å². The molecule has 1 unspecified atom stereocenters. The van der Waals surface area contributed by atoms with Gasteiger partial charge in [0.25, 0.3) is 11.1 Å². The third kappa shape index (κ3) is 4.16. The summed E-state index contributed by atoms with van der Waals surface area (Å²) in [7, 11) is 1.61. The Kier molecular flexibility index (Phi) is 5.15. The number of hydrogen-bond donors (Lipinski definition) is 2. The summed E-state index contributed by atoms with van der Waals surface area (Å²) in [6.45, 7) is 3.79. The number of aromatic nitrogens is 4. The first-order valence-electron chi connectivity index (χ1n) is 8.52. The molecule has 3 heterocycles. The lowest BCUT2D eigenvalue weighted by atomic mass is 10.1. The summed E-state index contributed by atoms with van der Waals surface area (Å²) in [4.78, 5) is 44.2. The van der Waals surface area contributed by atoms with Crippen molar-refractivity contribution in [1.29, 1.82) is 0 Å². The number of aromatic amines is 1. The molecule has 1 atom stereocenters. The summed E-state index contributed by atoms with van der Waals surface area (Å²) < 4.78 is 1.29. The van der Waals surface area contributed by atoms with E-state index in [1.54, 1.807) is 26.2 Å². The van der Waals surface area contributed by atoms with Gasteiger partial charge in [0, 0.05) is 44.5 Å². The molecule has 9 heteroatoms. The molecule has 2 N–H and O–H groups in total. The summed E-state index contributed by atoms with van der Waals surface area (Å²) in [5.74, 6) is 0.614.